The lowest BCUT2D eigenvalue weighted by molar-refractivity contribution is -0.120. The molecule has 2 rings (SSSR count). The van der Waals surface area contributed by atoms with E-state index in [0.29, 0.717) is 31.4 Å². The first-order valence-corrected chi connectivity index (χ1v) is 8.03. The second-order valence-corrected chi connectivity index (χ2v) is 6.96. The fourth-order valence-corrected chi connectivity index (χ4v) is 3.81. The van der Waals surface area contributed by atoms with Gasteiger partial charge >= 0.3 is 0 Å². The van der Waals surface area contributed by atoms with E-state index in [2.05, 4.69) is 0 Å². The molecule has 0 bridgehead atoms. The van der Waals surface area contributed by atoms with Crippen molar-refractivity contribution in [3.63, 3.8) is 0 Å². The number of ketones is 1. The van der Waals surface area contributed by atoms with Crippen LogP contribution in [0.5, 0.6) is 5.75 Å². The molecule has 0 atom stereocenters. The lowest BCUT2D eigenvalue weighted by atomic mass is 9.95. The Labute approximate surface area is 119 Å². The smallest absolute Gasteiger partial charge is 0.243 e. The number of Topliss-reactive ketones (excluding diaryl/α,β-unsaturated/α-hetero) is 1. The van der Waals surface area contributed by atoms with E-state index >= 15 is 0 Å². The molecule has 1 fully saturated rings. The van der Waals surface area contributed by atoms with Gasteiger partial charge in [-0.15, -0.1) is 0 Å². The highest BCUT2D eigenvalue weighted by molar-refractivity contribution is 7.89. The van der Waals surface area contributed by atoms with Gasteiger partial charge in [-0.3, -0.25) is 4.79 Å². The van der Waals surface area contributed by atoms with Gasteiger partial charge in [0.15, 0.2) is 0 Å². The molecule has 0 heterocycles. The molecule has 0 saturated heterocycles. The number of methoxy groups -OCH3 is 1. The molecule has 0 amide bonds. The highest BCUT2D eigenvalue weighted by Gasteiger charge is 2.30. The summed E-state index contributed by atoms with van der Waals surface area (Å²) in [5.41, 5.74) is 0. The number of carbonyl (C=O) groups is 1. The Morgan fingerprint density at radius 1 is 1.15 bits per heavy atom. The van der Waals surface area contributed by atoms with E-state index in [1.54, 1.807) is 31.3 Å². The van der Waals surface area contributed by atoms with Crippen LogP contribution >= 0.6 is 0 Å². The molecule has 0 aliphatic heterocycles. The van der Waals surface area contributed by atoms with Crippen molar-refractivity contribution in [2.45, 2.75) is 36.6 Å². The molecule has 6 heteroatoms. The fraction of sp³-hybridized carbons (Fsp3) is 0.500. The van der Waals surface area contributed by atoms with E-state index in [1.165, 1.54) is 11.4 Å². The first-order chi connectivity index (χ1) is 9.45. The van der Waals surface area contributed by atoms with Gasteiger partial charge in [-0.25, -0.2) is 8.42 Å². The second kappa shape index (κ2) is 5.93. The van der Waals surface area contributed by atoms with Crippen LogP contribution in [0, 0.1) is 0 Å². The van der Waals surface area contributed by atoms with Crippen LogP contribution in [0.1, 0.15) is 25.7 Å². The highest BCUT2D eigenvalue weighted by atomic mass is 32.2. The van der Waals surface area contributed by atoms with E-state index in [-0.39, 0.29) is 16.7 Å². The summed E-state index contributed by atoms with van der Waals surface area (Å²) in [5.74, 6) is 0.839. The standard InChI is InChI=1S/C14H19NO4S/c1-15(11-3-5-12(16)6-4-11)20(17,18)14-9-7-13(19-2)8-10-14/h7-11H,3-6H2,1-2H3. The number of ether oxygens (including phenoxy) is 1. The van der Waals surface area contributed by atoms with Gasteiger partial charge < -0.3 is 4.74 Å². The zero-order valence-electron chi connectivity index (χ0n) is 11.7. The van der Waals surface area contributed by atoms with Crippen LogP contribution in [-0.4, -0.2) is 38.7 Å². The predicted octanol–water partition coefficient (Wildman–Crippen LogP) is 1.83. The Kier molecular flexibility index (Phi) is 4.45. The van der Waals surface area contributed by atoms with Crippen molar-refractivity contribution < 1.29 is 17.9 Å². The summed E-state index contributed by atoms with van der Waals surface area (Å²) >= 11 is 0. The van der Waals surface area contributed by atoms with Crippen LogP contribution in [0.3, 0.4) is 0 Å². The fourth-order valence-electron chi connectivity index (χ4n) is 2.40. The van der Waals surface area contributed by atoms with Crippen molar-refractivity contribution in [2.24, 2.45) is 0 Å². The molecule has 0 N–H and O–H groups in total. The molecule has 1 aliphatic carbocycles. The third kappa shape index (κ3) is 3.02. The molecule has 0 radical (unpaired) electrons. The predicted molar refractivity (Wildman–Crippen MR) is 75.2 cm³/mol. The van der Waals surface area contributed by atoms with Crippen molar-refractivity contribution >= 4 is 15.8 Å². The Morgan fingerprint density at radius 3 is 2.20 bits per heavy atom. The van der Waals surface area contributed by atoms with Gasteiger partial charge in [0, 0.05) is 25.9 Å². The van der Waals surface area contributed by atoms with Gasteiger partial charge in [-0.05, 0) is 37.1 Å². The maximum absolute atomic E-state index is 12.5. The molecule has 110 valence electrons. The van der Waals surface area contributed by atoms with E-state index in [0.717, 1.165) is 0 Å². The molecular formula is C14H19NO4S. The van der Waals surface area contributed by atoms with Gasteiger partial charge in [0.1, 0.15) is 11.5 Å². The minimum atomic E-state index is -3.51. The van der Waals surface area contributed by atoms with E-state index in [1.807, 2.05) is 0 Å². The van der Waals surface area contributed by atoms with Crippen molar-refractivity contribution in [2.75, 3.05) is 14.2 Å². The third-order valence-corrected chi connectivity index (χ3v) is 5.69. The molecule has 0 aromatic heterocycles. The topological polar surface area (TPSA) is 63.7 Å². The first-order valence-electron chi connectivity index (χ1n) is 6.59. The van der Waals surface area contributed by atoms with Crippen LogP contribution in [0.25, 0.3) is 0 Å². The van der Waals surface area contributed by atoms with Crippen LogP contribution in [-0.2, 0) is 14.8 Å². The van der Waals surface area contributed by atoms with Crippen molar-refractivity contribution in [3.8, 4) is 5.75 Å². The number of carbonyl (C=O) groups excluding carboxylic acids is 1. The first kappa shape index (κ1) is 15.0. The molecule has 1 aromatic rings. The average molecular weight is 297 g/mol. The number of benzene rings is 1. The van der Waals surface area contributed by atoms with Gasteiger partial charge in [-0.1, -0.05) is 0 Å². The molecule has 5 nitrogen and oxygen atoms in total. The van der Waals surface area contributed by atoms with Crippen LogP contribution in [0.4, 0.5) is 0 Å². The lowest BCUT2D eigenvalue weighted by Crippen LogP contribution is -2.39. The summed E-state index contributed by atoms with van der Waals surface area (Å²) in [7, 11) is -0.395. The minimum Gasteiger partial charge on any atom is -0.497 e. The van der Waals surface area contributed by atoms with E-state index in [4.69, 9.17) is 4.74 Å². The Balaban J connectivity index is 2.18. The number of sulfonamides is 1. The van der Waals surface area contributed by atoms with Crippen LogP contribution in [0.15, 0.2) is 29.2 Å². The maximum Gasteiger partial charge on any atom is 0.243 e. The summed E-state index contributed by atoms with van der Waals surface area (Å²) in [6.07, 6.45) is 2.13. The van der Waals surface area contributed by atoms with E-state index < -0.39 is 10.0 Å². The van der Waals surface area contributed by atoms with Crippen molar-refractivity contribution in [1.82, 2.24) is 4.31 Å². The monoisotopic (exact) mass is 297 g/mol. The summed E-state index contributed by atoms with van der Waals surface area (Å²) in [4.78, 5) is 11.5. The minimum absolute atomic E-state index is 0.0974. The lowest BCUT2D eigenvalue weighted by Gasteiger charge is -2.29. The van der Waals surface area contributed by atoms with Gasteiger partial charge in [-0.2, -0.15) is 4.31 Å². The average Bonchev–Trinajstić information content (AvgIpc) is 2.47. The zero-order valence-corrected chi connectivity index (χ0v) is 12.5. The SMILES string of the molecule is COc1ccc(S(=O)(=O)N(C)C2CCC(=O)CC2)cc1. The molecule has 1 aliphatic rings. The van der Waals surface area contributed by atoms with E-state index in [9.17, 15) is 13.2 Å². The molecule has 1 aromatic carbocycles. The molecule has 20 heavy (non-hydrogen) atoms. The van der Waals surface area contributed by atoms with Crippen molar-refractivity contribution in [1.29, 1.82) is 0 Å². The largest absolute Gasteiger partial charge is 0.497 e. The van der Waals surface area contributed by atoms with Gasteiger partial charge in [0.05, 0.1) is 12.0 Å². The summed E-state index contributed by atoms with van der Waals surface area (Å²) in [6.45, 7) is 0. The van der Waals surface area contributed by atoms with Crippen LogP contribution < -0.4 is 4.74 Å². The Morgan fingerprint density at radius 2 is 1.70 bits per heavy atom. The van der Waals surface area contributed by atoms with Crippen molar-refractivity contribution in [3.05, 3.63) is 24.3 Å². The number of nitrogens with zero attached hydrogens (tertiary/aromatic N) is 1. The zero-order chi connectivity index (χ0) is 14.8. The number of hydrogen-bond acceptors (Lipinski definition) is 4. The Bertz CT molecular complexity index is 570. The number of hydrogen-bond donors (Lipinski definition) is 0. The van der Waals surface area contributed by atoms with Gasteiger partial charge in [0.2, 0.25) is 10.0 Å². The molecule has 0 unspecified atom stereocenters. The Hall–Kier alpha value is -1.40. The highest BCUT2D eigenvalue weighted by Crippen LogP contribution is 2.26. The van der Waals surface area contributed by atoms with Gasteiger partial charge in [0.25, 0.3) is 0 Å². The summed E-state index contributed by atoms with van der Waals surface area (Å²) < 4.78 is 31.4. The second-order valence-electron chi connectivity index (χ2n) is 4.97. The maximum atomic E-state index is 12.5. The number of rotatable bonds is 4. The third-order valence-electron chi connectivity index (χ3n) is 3.76. The normalized spacial score (nSPS) is 17.4. The summed E-state index contributed by atoms with van der Waals surface area (Å²) in [5, 5.41) is 0. The molecule has 0 spiro atoms. The molecular weight excluding hydrogens is 278 g/mol. The molecule has 1 saturated carbocycles. The quantitative estimate of drug-likeness (QED) is 0.850. The van der Waals surface area contributed by atoms with Crippen LogP contribution in [0.2, 0.25) is 0 Å². The summed E-state index contributed by atoms with van der Waals surface area (Å²) in [6, 6.07) is 6.24.